The lowest BCUT2D eigenvalue weighted by molar-refractivity contribution is -0.122. The molecule has 5 rings (SSSR count). The predicted molar refractivity (Wildman–Crippen MR) is 141 cm³/mol. The van der Waals surface area contributed by atoms with Gasteiger partial charge in [0.15, 0.2) is 5.65 Å². The summed E-state index contributed by atoms with van der Waals surface area (Å²) in [5, 5.41) is 16.0. The number of primary amides is 1. The fourth-order valence-corrected chi connectivity index (χ4v) is 5.65. The highest BCUT2D eigenvalue weighted by Gasteiger charge is 2.35. The van der Waals surface area contributed by atoms with Crippen LogP contribution < -0.4 is 16.4 Å². The number of benzene rings is 1. The van der Waals surface area contributed by atoms with Crippen LogP contribution >= 0.6 is 23.2 Å². The summed E-state index contributed by atoms with van der Waals surface area (Å²) in [5.41, 5.74) is 7.34. The van der Waals surface area contributed by atoms with Gasteiger partial charge in [-0.25, -0.2) is 18.7 Å². The van der Waals surface area contributed by atoms with Gasteiger partial charge in [-0.15, -0.1) is 0 Å². The molecule has 2 aliphatic rings. The Morgan fingerprint density at radius 2 is 1.82 bits per heavy atom. The van der Waals surface area contributed by atoms with Gasteiger partial charge in [-0.05, 0) is 50.7 Å². The second kappa shape index (κ2) is 10.5. The van der Waals surface area contributed by atoms with Crippen LogP contribution in [0.4, 0.5) is 26.4 Å². The first kappa shape index (κ1) is 26.4. The first-order valence-corrected chi connectivity index (χ1v) is 13.2. The highest BCUT2D eigenvalue weighted by molar-refractivity contribution is 6.44. The number of nitriles is 1. The zero-order chi connectivity index (χ0) is 27.0. The van der Waals surface area contributed by atoms with Crippen LogP contribution in [0.1, 0.15) is 63.0 Å². The van der Waals surface area contributed by atoms with Gasteiger partial charge in [0.1, 0.15) is 11.6 Å². The number of hydrogen-bond donors (Lipinski definition) is 3. The van der Waals surface area contributed by atoms with Crippen molar-refractivity contribution in [2.45, 2.75) is 69.4 Å². The minimum Gasteiger partial charge on any atom is -0.369 e. The van der Waals surface area contributed by atoms with Gasteiger partial charge >= 0.3 is 0 Å². The molecule has 2 heterocycles. The van der Waals surface area contributed by atoms with Crippen molar-refractivity contribution in [3.8, 4) is 6.07 Å². The fraction of sp³-hybridized carbons (Fsp3) is 0.480. The van der Waals surface area contributed by atoms with Gasteiger partial charge < -0.3 is 16.4 Å². The first-order chi connectivity index (χ1) is 18.1. The minimum absolute atomic E-state index is 0.0400. The van der Waals surface area contributed by atoms with Crippen molar-refractivity contribution in [2.75, 3.05) is 10.6 Å². The van der Waals surface area contributed by atoms with E-state index >= 15 is 0 Å². The van der Waals surface area contributed by atoms with E-state index < -0.39 is 5.92 Å². The van der Waals surface area contributed by atoms with E-state index in [9.17, 15) is 18.8 Å². The minimum atomic E-state index is -2.62. The number of aromatic nitrogens is 4. The molecule has 0 spiro atoms. The number of nitrogens with two attached hydrogens (primary N) is 1. The van der Waals surface area contributed by atoms with Gasteiger partial charge in [0.2, 0.25) is 23.7 Å². The van der Waals surface area contributed by atoms with Crippen LogP contribution in [0, 0.1) is 17.2 Å². The zero-order valence-electron chi connectivity index (χ0n) is 20.4. The second-order valence-electron chi connectivity index (χ2n) is 9.92. The third kappa shape index (κ3) is 5.33. The predicted octanol–water partition coefficient (Wildman–Crippen LogP) is 5.95. The zero-order valence-corrected chi connectivity index (χ0v) is 21.9. The molecule has 3 aromatic rings. The van der Waals surface area contributed by atoms with E-state index in [1.807, 2.05) is 10.6 Å². The number of imidazole rings is 1. The molecule has 0 atom stereocenters. The molecule has 2 saturated carbocycles. The lowest BCUT2D eigenvalue weighted by Gasteiger charge is -2.29. The average molecular weight is 563 g/mol. The molecule has 38 heavy (non-hydrogen) atoms. The van der Waals surface area contributed by atoms with Crippen LogP contribution in [-0.4, -0.2) is 37.4 Å². The number of carbonyl (C=O) groups is 1. The summed E-state index contributed by atoms with van der Waals surface area (Å²) >= 11 is 12.7. The standard InChI is InChI=1S/C25H26Cl2F2N8O/c26-19-14(11-30)3-6-17(20(19)27)34-24-35-18-12-32-23(33-15-7-9-25(28,29)10-8-15)36-22(18)37(24)16-4-1-13(2-5-16)21(31)38/h3,6,12-13,15-16H,1-2,4-5,7-10H2,(H2,31,38)(H,34,35)(H,32,33,36)/t13-,16+. The molecule has 13 heteroatoms. The molecule has 1 amide bonds. The van der Waals surface area contributed by atoms with Crippen molar-refractivity contribution in [3.63, 3.8) is 0 Å². The van der Waals surface area contributed by atoms with Gasteiger partial charge in [-0.1, -0.05) is 23.2 Å². The Balaban J connectivity index is 1.49. The van der Waals surface area contributed by atoms with Gasteiger partial charge in [-0.2, -0.15) is 10.2 Å². The summed E-state index contributed by atoms with van der Waals surface area (Å²) in [5.74, 6) is -2.31. The van der Waals surface area contributed by atoms with Crippen LogP contribution in [-0.2, 0) is 4.79 Å². The van der Waals surface area contributed by atoms with E-state index in [0.717, 1.165) is 0 Å². The molecule has 0 saturated heterocycles. The summed E-state index contributed by atoms with van der Waals surface area (Å²) in [6.45, 7) is 0. The lowest BCUT2D eigenvalue weighted by atomic mass is 9.85. The molecule has 0 unspecified atom stereocenters. The summed E-state index contributed by atoms with van der Waals surface area (Å²) in [6.07, 6.45) is 4.54. The molecule has 2 fully saturated rings. The van der Waals surface area contributed by atoms with E-state index in [0.29, 0.717) is 67.3 Å². The van der Waals surface area contributed by atoms with E-state index in [1.54, 1.807) is 18.3 Å². The van der Waals surface area contributed by atoms with E-state index in [4.69, 9.17) is 38.9 Å². The number of fused-ring (bicyclic) bond motifs is 1. The van der Waals surface area contributed by atoms with Crippen LogP contribution in [0.2, 0.25) is 10.0 Å². The van der Waals surface area contributed by atoms with Crippen molar-refractivity contribution >= 4 is 57.9 Å². The molecular weight excluding hydrogens is 537 g/mol. The maximum absolute atomic E-state index is 13.6. The molecule has 2 aromatic heterocycles. The summed E-state index contributed by atoms with van der Waals surface area (Å²) in [4.78, 5) is 25.5. The maximum atomic E-state index is 13.6. The molecule has 0 aliphatic heterocycles. The first-order valence-electron chi connectivity index (χ1n) is 12.5. The van der Waals surface area contributed by atoms with E-state index in [1.165, 1.54) is 0 Å². The molecule has 200 valence electrons. The Morgan fingerprint density at radius 3 is 2.47 bits per heavy atom. The van der Waals surface area contributed by atoms with E-state index in [2.05, 4.69) is 15.6 Å². The Hall–Kier alpha value is -3.23. The molecule has 9 nitrogen and oxygen atoms in total. The summed E-state index contributed by atoms with van der Waals surface area (Å²) in [7, 11) is 0. The highest BCUT2D eigenvalue weighted by atomic mass is 35.5. The molecule has 0 bridgehead atoms. The quantitative estimate of drug-likeness (QED) is 0.337. The largest absolute Gasteiger partial charge is 0.369 e. The van der Waals surface area contributed by atoms with Crippen molar-refractivity contribution < 1.29 is 13.6 Å². The normalized spacial score (nSPS) is 21.7. The Kier molecular flexibility index (Phi) is 7.29. The van der Waals surface area contributed by atoms with E-state index in [-0.39, 0.29) is 52.4 Å². The number of halogens is 4. The number of carbonyl (C=O) groups excluding carboxylic acids is 1. The van der Waals surface area contributed by atoms with Crippen molar-refractivity contribution in [1.82, 2.24) is 19.5 Å². The van der Waals surface area contributed by atoms with Gasteiger partial charge in [0.25, 0.3) is 0 Å². The Labute approximate surface area is 227 Å². The van der Waals surface area contributed by atoms with Crippen LogP contribution in [0.15, 0.2) is 18.3 Å². The number of hydrogen-bond acceptors (Lipinski definition) is 7. The van der Waals surface area contributed by atoms with Gasteiger partial charge in [0.05, 0.1) is 27.5 Å². The molecular formula is C25H26Cl2F2N8O. The number of nitrogens with zero attached hydrogens (tertiary/aromatic N) is 5. The summed E-state index contributed by atoms with van der Waals surface area (Å²) < 4.78 is 29.2. The molecule has 4 N–H and O–H groups in total. The maximum Gasteiger partial charge on any atom is 0.248 e. The second-order valence-corrected chi connectivity index (χ2v) is 10.7. The number of rotatable bonds is 6. The van der Waals surface area contributed by atoms with Gasteiger partial charge in [-0.3, -0.25) is 9.36 Å². The van der Waals surface area contributed by atoms with Crippen molar-refractivity contribution in [2.24, 2.45) is 11.7 Å². The summed E-state index contributed by atoms with van der Waals surface area (Å²) in [6, 6.07) is 5.03. The Morgan fingerprint density at radius 1 is 1.11 bits per heavy atom. The number of amides is 1. The number of anilines is 3. The number of nitrogens with one attached hydrogen (secondary N) is 2. The monoisotopic (exact) mass is 562 g/mol. The topological polar surface area (TPSA) is 135 Å². The van der Waals surface area contributed by atoms with Crippen LogP contribution in [0.5, 0.6) is 0 Å². The van der Waals surface area contributed by atoms with Gasteiger partial charge in [0, 0.05) is 30.8 Å². The third-order valence-electron chi connectivity index (χ3n) is 7.40. The molecule has 1 aromatic carbocycles. The highest BCUT2D eigenvalue weighted by Crippen LogP contribution is 2.39. The van der Waals surface area contributed by atoms with Crippen LogP contribution in [0.3, 0.4) is 0 Å². The van der Waals surface area contributed by atoms with Crippen molar-refractivity contribution in [3.05, 3.63) is 33.9 Å². The molecule has 2 aliphatic carbocycles. The molecule has 0 radical (unpaired) electrons. The third-order valence-corrected chi connectivity index (χ3v) is 8.28. The van der Waals surface area contributed by atoms with Crippen molar-refractivity contribution in [1.29, 1.82) is 5.26 Å². The fourth-order valence-electron chi connectivity index (χ4n) is 5.23. The number of alkyl halides is 2. The lowest BCUT2D eigenvalue weighted by Crippen LogP contribution is -2.32. The Bertz CT molecular complexity index is 1400. The smallest absolute Gasteiger partial charge is 0.248 e. The van der Waals surface area contributed by atoms with Crippen LogP contribution in [0.25, 0.3) is 11.2 Å². The SMILES string of the molecule is N#Cc1ccc(Nc2nc3cnc(NC4CCC(F)(F)CC4)nc3n2[C@H]2CC[C@@H](C(N)=O)CC2)c(Cl)c1Cl. The average Bonchev–Trinajstić information content (AvgIpc) is 3.25.